The molecule has 8 heteroatoms. The number of hydrogen-bond acceptors (Lipinski definition) is 8. The first-order valence-electron chi connectivity index (χ1n) is 11.9. The van der Waals surface area contributed by atoms with Gasteiger partial charge in [-0.1, -0.05) is 12.1 Å². The lowest BCUT2D eigenvalue weighted by molar-refractivity contribution is 0.0320. The van der Waals surface area contributed by atoms with Gasteiger partial charge in [-0.2, -0.15) is 0 Å². The van der Waals surface area contributed by atoms with Crippen LogP contribution in [0.25, 0.3) is 0 Å². The van der Waals surface area contributed by atoms with Crippen LogP contribution < -0.4 is 18.9 Å². The van der Waals surface area contributed by atoms with Crippen LogP contribution in [0.1, 0.15) is 12.5 Å². The second-order valence-electron chi connectivity index (χ2n) is 8.36. The first-order chi connectivity index (χ1) is 16.6. The highest BCUT2D eigenvalue weighted by molar-refractivity contribution is 5.43. The number of likely N-dealkylation sites (N-methyl/N-ethyl adjacent to an activating group) is 1. The van der Waals surface area contributed by atoms with Crippen LogP contribution in [0.15, 0.2) is 42.5 Å². The predicted octanol–water partition coefficient (Wildman–Crippen LogP) is 2.68. The molecule has 188 valence electrons. The Bertz CT molecular complexity index is 859. The van der Waals surface area contributed by atoms with Gasteiger partial charge in [0.05, 0.1) is 26.9 Å². The van der Waals surface area contributed by atoms with Crippen molar-refractivity contribution >= 4 is 0 Å². The van der Waals surface area contributed by atoms with Gasteiger partial charge in [0.25, 0.3) is 0 Å². The molecule has 0 aromatic heterocycles. The highest BCUT2D eigenvalue weighted by atomic mass is 16.5. The minimum Gasteiger partial charge on any atom is -0.497 e. The van der Waals surface area contributed by atoms with E-state index in [1.165, 1.54) is 0 Å². The Morgan fingerprint density at radius 3 is 2.59 bits per heavy atom. The van der Waals surface area contributed by atoms with E-state index in [1.807, 2.05) is 50.4 Å². The molecular weight excluding hydrogens is 436 g/mol. The topological polar surface area (TPSA) is 72.9 Å². The molecular formula is C26H38N2O6. The van der Waals surface area contributed by atoms with Crippen molar-refractivity contribution in [2.24, 2.45) is 0 Å². The third-order valence-corrected chi connectivity index (χ3v) is 5.54. The zero-order valence-electron chi connectivity index (χ0n) is 20.6. The maximum Gasteiger partial charge on any atom is 0.161 e. The Morgan fingerprint density at radius 2 is 1.82 bits per heavy atom. The Kier molecular flexibility index (Phi) is 10.8. The third-order valence-electron chi connectivity index (χ3n) is 5.54. The van der Waals surface area contributed by atoms with Gasteiger partial charge in [0.15, 0.2) is 11.5 Å². The van der Waals surface area contributed by atoms with E-state index in [-0.39, 0.29) is 6.61 Å². The molecule has 1 N–H and O–H groups in total. The second kappa shape index (κ2) is 14.0. The third kappa shape index (κ3) is 8.68. The Balaban J connectivity index is 1.46. The van der Waals surface area contributed by atoms with Gasteiger partial charge in [0.2, 0.25) is 0 Å². The van der Waals surface area contributed by atoms with Crippen molar-refractivity contribution in [1.29, 1.82) is 0 Å². The number of benzene rings is 2. The Morgan fingerprint density at radius 1 is 1.03 bits per heavy atom. The number of aliphatic hydroxyl groups is 1. The molecule has 8 nitrogen and oxygen atoms in total. The molecule has 2 aromatic rings. The minimum absolute atomic E-state index is 0.206. The molecule has 0 spiro atoms. The Labute approximate surface area is 202 Å². The SMILES string of the molecule is CCOc1cc(CN(C)C[C@@H](O)COc2cccc(OC)c2)ccc1OCCN1CCOCC1. The zero-order chi connectivity index (χ0) is 24.2. The van der Waals surface area contributed by atoms with Crippen molar-refractivity contribution < 1.29 is 28.8 Å². The van der Waals surface area contributed by atoms with Crippen molar-refractivity contribution in [1.82, 2.24) is 9.80 Å². The molecule has 1 aliphatic rings. The average Bonchev–Trinajstić information content (AvgIpc) is 2.85. The molecule has 2 aromatic carbocycles. The number of rotatable bonds is 14. The van der Waals surface area contributed by atoms with Gasteiger partial charge in [-0.05, 0) is 43.8 Å². The molecule has 3 rings (SSSR count). The van der Waals surface area contributed by atoms with Crippen molar-refractivity contribution in [3.05, 3.63) is 48.0 Å². The van der Waals surface area contributed by atoms with Gasteiger partial charge in [-0.25, -0.2) is 0 Å². The van der Waals surface area contributed by atoms with Gasteiger partial charge >= 0.3 is 0 Å². The maximum absolute atomic E-state index is 10.4. The fourth-order valence-corrected chi connectivity index (χ4v) is 3.82. The molecule has 1 fully saturated rings. The van der Waals surface area contributed by atoms with E-state index in [2.05, 4.69) is 9.80 Å². The average molecular weight is 475 g/mol. The summed E-state index contributed by atoms with van der Waals surface area (Å²) < 4.78 is 28.2. The van der Waals surface area contributed by atoms with E-state index < -0.39 is 6.10 Å². The largest absolute Gasteiger partial charge is 0.497 e. The van der Waals surface area contributed by atoms with Crippen molar-refractivity contribution in [3.8, 4) is 23.0 Å². The Hall–Kier alpha value is -2.52. The molecule has 1 saturated heterocycles. The monoisotopic (exact) mass is 474 g/mol. The standard InChI is InChI=1S/C26H38N2O6/c1-4-32-26-16-21(8-9-25(26)33-15-12-28-10-13-31-14-11-28)18-27(2)19-22(29)20-34-24-7-5-6-23(17-24)30-3/h5-9,16-17,22,29H,4,10-15,18-20H2,1-3H3/t22-/m1/s1. The van der Waals surface area contributed by atoms with Crippen LogP contribution in [0, 0.1) is 0 Å². The molecule has 1 heterocycles. The summed E-state index contributed by atoms with van der Waals surface area (Å²) in [6.45, 7) is 8.84. The molecule has 0 unspecified atom stereocenters. The number of morpholine rings is 1. The molecule has 34 heavy (non-hydrogen) atoms. The lowest BCUT2D eigenvalue weighted by atomic mass is 10.2. The van der Waals surface area contributed by atoms with Crippen LogP contribution in [0.3, 0.4) is 0 Å². The lowest BCUT2D eigenvalue weighted by Gasteiger charge is -2.26. The molecule has 0 bridgehead atoms. The van der Waals surface area contributed by atoms with Crippen molar-refractivity contribution in [2.45, 2.75) is 19.6 Å². The lowest BCUT2D eigenvalue weighted by Crippen LogP contribution is -2.38. The molecule has 1 aliphatic heterocycles. The van der Waals surface area contributed by atoms with Crippen LogP contribution in [0.2, 0.25) is 0 Å². The van der Waals surface area contributed by atoms with Crippen LogP contribution in [0.4, 0.5) is 0 Å². The fraction of sp³-hybridized carbons (Fsp3) is 0.538. The highest BCUT2D eigenvalue weighted by Crippen LogP contribution is 2.29. The van der Waals surface area contributed by atoms with E-state index in [1.54, 1.807) is 13.2 Å². The van der Waals surface area contributed by atoms with Gasteiger partial charge in [0.1, 0.15) is 30.8 Å². The van der Waals surface area contributed by atoms with Crippen molar-refractivity contribution in [2.75, 3.05) is 73.4 Å². The number of hydrogen-bond donors (Lipinski definition) is 1. The molecule has 0 aliphatic carbocycles. The fourth-order valence-electron chi connectivity index (χ4n) is 3.82. The van der Waals surface area contributed by atoms with E-state index in [0.29, 0.717) is 32.1 Å². The number of aliphatic hydroxyl groups excluding tert-OH is 1. The van der Waals surface area contributed by atoms with Crippen LogP contribution in [-0.2, 0) is 11.3 Å². The molecule has 0 amide bonds. The molecule has 1 atom stereocenters. The van der Waals surface area contributed by atoms with Gasteiger partial charge in [-0.3, -0.25) is 9.80 Å². The predicted molar refractivity (Wildman–Crippen MR) is 131 cm³/mol. The number of methoxy groups -OCH3 is 1. The summed E-state index contributed by atoms with van der Waals surface area (Å²) in [6, 6.07) is 13.4. The maximum atomic E-state index is 10.4. The van der Waals surface area contributed by atoms with Crippen LogP contribution >= 0.6 is 0 Å². The van der Waals surface area contributed by atoms with E-state index in [4.69, 9.17) is 23.7 Å². The summed E-state index contributed by atoms with van der Waals surface area (Å²) in [5.41, 5.74) is 1.09. The summed E-state index contributed by atoms with van der Waals surface area (Å²) in [5, 5.41) is 10.4. The zero-order valence-corrected chi connectivity index (χ0v) is 20.6. The summed E-state index contributed by atoms with van der Waals surface area (Å²) in [4.78, 5) is 4.40. The van der Waals surface area contributed by atoms with Gasteiger partial charge < -0.3 is 28.8 Å². The second-order valence-corrected chi connectivity index (χ2v) is 8.36. The number of ether oxygens (including phenoxy) is 5. The van der Waals surface area contributed by atoms with Crippen molar-refractivity contribution in [3.63, 3.8) is 0 Å². The first-order valence-corrected chi connectivity index (χ1v) is 11.9. The van der Waals surface area contributed by atoms with E-state index in [0.717, 1.165) is 55.7 Å². The quantitative estimate of drug-likeness (QED) is 0.448. The summed E-state index contributed by atoms with van der Waals surface area (Å²) in [6.07, 6.45) is -0.620. The normalized spacial score (nSPS) is 15.2. The first kappa shape index (κ1) is 26.1. The van der Waals surface area contributed by atoms with E-state index >= 15 is 0 Å². The van der Waals surface area contributed by atoms with Crippen LogP contribution in [0.5, 0.6) is 23.0 Å². The molecule has 0 saturated carbocycles. The smallest absolute Gasteiger partial charge is 0.161 e. The minimum atomic E-state index is -0.620. The van der Waals surface area contributed by atoms with Crippen LogP contribution in [-0.4, -0.2) is 94.4 Å². The summed E-state index contributed by atoms with van der Waals surface area (Å²) >= 11 is 0. The number of nitrogens with zero attached hydrogens (tertiary/aromatic N) is 2. The van der Waals surface area contributed by atoms with E-state index in [9.17, 15) is 5.11 Å². The highest BCUT2D eigenvalue weighted by Gasteiger charge is 2.14. The summed E-state index contributed by atoms with van der Waals surface area (Å²) in [7, 11) is 3.59. The van der Waals surface area contributed by atoms with Gasteiger partial charge in [-0.15, -0.1) is 0 Å². The molecule has 0 radical (unpaired) electrons. The van der Waals surface area contributed by atoms with Gasteiger partial charge in [0, 0.05) is 38.8 Å². The summed E-state index contributed by atoms with van der Waals surface area (Å²) in [5.74, 6) is 2.90.